The average Bonchev–Trinajstić information content (AvgIpc) is 2.25. The summed E-state index contributed by atoms with van der Waals surface area (Å²) in [4.78, 5) is 18.5. The van der Waals surface area contributed by atoms with Gasteiger partial charge in [0.15, 0.2) is 5.16 Å². The Balaban J connectivity index is 2.60. The lowest BCUT2D eigenvalue weighted by molar-refractivity contribution is -0.131. The molecule has 80 valence electrons. The third kappa shape index (κ3) is 4.60. The van der Waals surface area contributed by atoms with Gasteiger partial charge in [-0.25, -0.2) is 14.8 Å². The molecule has 0 unspecified atom stereocenters. The summed E-state index contributed by atoms with van der Waals surface area (Å²) in [6, 6.07) is 0. The van der Waals surface area contributed by atoms with Gasteiger partial charge in [-0.3, -0.25) is 0 Å². The second kappa shape index (κ2) is 6.19. The Kier molecular flexibility index (Phi) is 4.83. The number of hydrogen-bond donors (Lipinski definition) is 1. The fourth-order valence-corrected chi connectivity index (χ4v) is 1.49. The van der Waals surface area contributed by atoms with Gasteiger partial charge < -0.3 is 5.11 Å². The van der Waals surface area contributed by atoms with Crippen LogP contribution in [0.25, 0.3) is 6.08 Å². The molecule has 0 atom stereocenters. The van der Waals surface area contributed by atoms with Crippen molar-refractivity contribution >= 4 is 23.8 Å². The second-order valence-electron chi connectivity index (χ2n) is 2.82. The van der Waals surface area contributed by atoms with Crippen molar-refractivity contribution in [2.45, 2.75) is 18.5 Å². The number of hydrogen-bond acceptors (Lipinski definition) is 4. The fraction of sp³-hybridized carbons (Fsp3) is 0.300. The largest absolute Gasteiger partial charge is 0.478 e. The van der Waals surface area contributed by atoms with Crippen molar-refractivity contribution in [2.75, 3.05) is 5.75 Å². The van der Waals surface area contributed by atoms with E-state index in [1.807, 2.05) is 0 Å². The molecule has 0 aliphatic carbocycles. The average molecular weight is 224 g/mol. The Hall–Kier alpha value is -1.36. The first-order chi connectivity index (χ1) is 7.22. The van der Waals surface area contributed by atoms with E-state index in [4.69, 9.17) is 5.11 Å². The molecule has 0 fully saturated rings. The molecule has 1 N–H and O–H groups in total. The second-order valence-corrected chi connectivity index (χ2v) is 3.88. The van der Waals surface area contributed by atoms with E-state index in [2.05, 4.69) is 16.9 Å². The molecule has 1 aromatic rings. The van der Waals surface area contributed by atoms with Crippen LogP contribution in [0, 0.1) is 0 Å². The Bertz CT molecular complexity index is 349. The molecule has 0 spiro atoms. The Morgan fingerprint density at radius 3 is 2.73 bits per heavy atom. The predicted octanol–water partition coefficient (Wildman–Crippen LogP) is 2.08. The van der Waals surface area contributed by atoms with Gasteiger partial charge in [0.05, 0.1) is 0 Å². The van der Waals surface area contributed by atoms with Crippen LogP contribution in [0.3, 0.4) is 0 Å². The van der Waals surface area contributed by atoms with Crippen molar-refractivity contribution < 1.29 is 9.90 Å². The first kappa shape index (κ1) is 11.7. The van der Waals surface area contributed by atoms with Gasteiger partial charge in [0.2, 0.25) is 0 Å². The maximum atomic E-state index is 10.2. The third-order valence-electron chi connectivity index (χ3n) is 1.50. The summed E-state index contributed by atoms with van der Waals surface area (Å²) >= 11 is 1.59. The van der Waals surface area contributed by atoms with Crippen molar-refractivity contribution in [1.29, 1.82) is 0 Å². The zero-order valence-corrected chi connectivity index (χ0v) is 9.20. The molecule has 1 heterocycles. The quantitative estimate of drug-likeness (QED) is 0.471. The lowest BCUT2D eigenvalue weighted by atomic mass is 10.3. The molecule has 15 heavy (non-hydrogen) atoms. The van der Waals surface area contributed by atoms with Crippen LogP contribution in [-0.4, -0.2) is 26.8 Å². The highest BCUT2D eigenvalue weighted by Gasteiger charge is 1.96. The molecule has 5 heteroatoms. The van der Waals surface area contributed by atoms with Crippen LogP contribution in [0.2, 0.25) is 0 Å². The summed E-state index contributed by atoms with van der Waals surface area (Å²) in [6.07, 6.45) is 6.84. The minimum absolute atomic E-state index is 0.693. The fourth-order valence-electron chi connectivity index (χ4n) is 0.848. The standard InChI is InChI=1S/C10H12N2O2S/c1-2-5-15-10-11-6-8(7-12-10)3-4-9(13)14/h3-4,6-7H,2,5H2,1H3,(H,13,14). The predicted molar refractivity (Wildman–Crippen MR) is 59.7 cm³/mol. The number of carboxylic acid groups (broad SMARTS) is 1. The number of nitrogens with zero attached hydrogens (tertiary/aromatic N) is 2. The lowest BCUT2D eigenvalue weighted by Gasteiger charge is -1.97. The minimum atomic E-state index is -0.973. The topological polar surface area (TPSA) is 63.1 Å². The summed E-state index contributed by atoms with van der Waals surface area (Å²) in [5.74, 6) is 0.0176. The van der Waals surface area contributed by atoms with E-state index in [0.29, 0.717) is 5.56 Å². The van der Waals surface area contributed by atoms with Gasteiger partial charge >= 0.3 is 5.97 Å². The van der Waals surface area contributed by atoms with Gasteiger partial charge in [0.25, 0.3) is 0 Å². The highest BCUT2D eigenvalue weighted by atomic mass is 32.2. The van der Waals surface area contributed by atoms with E-state index >= 15 is 0 Å². The van der Waals surface area contributed by atoms with Gasteiger partial charge in [0.1, 0.15) is 0 Å². The first-order valence-electron chi connectivity index (χ1n) is 4.58. The normalized spacial score (nSPS) is 10.7. The van der Waals surface area contributed by atoms with Gasteiger partial charge in [0, 0.05) is 29.8 Å². The zero-order valence-electron chi connectivity index (χ0n) is 8.38. The number of carboxylic acids is 1. The van der Waals surface area contributed by atoms with Crippen LogP contribution in [0.4, 0.5) is 0 Å². The number of thioether (sulfide) groups is 1. The molecule has 0 radical (unpaired) electrons. The van der Waals surface area contributed by atoms with E-state index in [0.717, 1.165) is 23.4 Å². The van der Waals surface area contributed by atoms with Crippen LogP contribution in [0.1, 0.15) is 18.9 Å². The van der Waals surface area contributed by atoms with E-state index in [1.54, 1.807) is 24.2 Å². The van der Waals surface area contributed by atoms with Crippen molar-refractivity contribution in [3.63, 3.8) is 0 Å². The molecule has 0 saturated carbocycles. The molecule has 1 rings (SSSR count). The molecular formula is C10H12N2O2S. The number of rotatable bonds is 5. The maximum absolute atomic E-state index is 10.2. The zero-order chi connectivity index (χ0) is 11.1. The van der Waals surface area contributed by atoms with E-state index in [1.165, 1.54) is 6.08 Å². The Morgan fingerprint density at radius 2 is 2.20 bits per heavy atom. The molecule has 0 bridgehead atoms. The van der Waals surface area contributed by atoms with Gasteiger partial charge in [-0.2, -0.15) is 0 Å². The first-order valence-corrected chi connectivity index (χ1v) is 5.56. The number of aromatic nitrogens is 2. The van der Waals surface area contributed by atoms with Gasteiger partial charge in [-0.1, -0.05) is 18.7 Å². The molecule has 0 amide bonds. The monoisotopic (exact) mass is 224 g/mol. The van der Waals surface area contributed by atoms with Crippen LogP contribution >= 0.6 is 11.8 Å². The molecule has 0 aliphatic heterocycles. The third-order valence-corrected chi connectivity index (χ3v) is 2.58. The van der Waals surface area contributed by atoms with E-state index < -0.39 is 5.97 Å². The molecule has 1 aromatic heterocycles. The maximum Gasteiger partial charge on any atom is 0.328 e. The number of carbonyl (C=O) groups is 1. The van der Waals surface area contributed by atoms with Crippen LogP contribution in [0.15, 0.2) is 23.6 Å². The highest BCUT2D eigenvalue weighted by Crippen LogP contribution is 2.13. The summed E-state index contributed by atoms with van der Waals surface area (Å²) in [5.41, 5.74) is 0.693. The van der Waals surface area contributed by atoms with Crippen LogP contribution < -0.4 is 0 Å². The van der Waals surface area contributed by atoms with Crippen molar-refractivity contribution in [2.24, 2.45) is 0 Å². The number of aliphatic carboxylic acids is 1. The van der Waals surface area contributed by atoms with E-state index in [9.17, 15) is 4.79 Å². The van der Waals surface area contributed by atoms with E-state index in [-0.39, 0.29) is 0 Å². The molecule has 0 saturated heterocycles. The smallest absolute Gasteiger partial charge is 0.328 e. The van der Waals surface area contributed by atoms with Crippen LogP contribution in [0.5, 0.6) is 0 Å². The molecule has 0 aliphatic rings. The van der Waals surface area contributed by atoms with Gasteiger partial charge in [-0.15, -0.1) is 0 Å². The van der Waals surface area contributed by atoms with Crippen LogP contribution in [-0.2, 0) is 4.79 Å². The molecular weight excluding hydrogens is 212 g/mol. The summed E-state index contributed by atoms with van der Waals surface area (Å²) < 4.78 is 0. The van der Waals surface area contributed by atoms with Crippen molar-refractivity contribution in [3.05, 3.63) is 24.0 Å². The van der Waals surface area contributed by atoms with Crippen molar-refractivity contribution in [3.8, 4) is 0 Å². The molecule has 0 aromatic carbocycles. The Morgan fingerprint density at radius 1 is 1.53 bits per heavy atom. The summed E-state index contributed by atoms with van der Waals surface area (Å²) in [7, 11) is 0. The highest BCUT2D eigenvalue weighted by molar-refractivity contribution is 7.99. The lowest BCUT2D eigenvalue weighted by Crippen LogP contribution is -1.89. The van der Waals surface area contributed by atoms with Gasteiger partial charge in [-0.05, 0) is 12.5 Å². The van der Waals surface area contributed by atoms with Crippen molar-refractivity contribution in [1.82, 2.24) is 9.97 Å². The minimum Gasteiger partial charge on any atom is -0.478 e. The SMILES string of the molecule is CCCSc1ncc(C=CC(=O)O)cn1. The summed E-state index contributed by atoms with van der Waals surface area (Å²) in [6.45, 7) is 2.09. The molecule has 4 nitrogen and oxygen atoms in total. The summed E-state index contributed by atoms with van der Waals surface area (Å²) in [5, 5.41) is 9.14. The Labute approximate surface area is 92.4 Å².